The summed E-state index contributed by atoms with van der Waals surface area (Å²) in [6.07, 6.45) is 0. The van der Waals surface area contributed by atoms with E-state index < -0.39 is 0 Å². The van der Waals surface area contributed by atoms with Crippen molar-refractivity contribution in [1.29, 1.82) is 5.26 Å². The van der Waals surface area contributed by atoms with Crippen molar-refractivity contribution in [2.75, 3.05) is 0 Å². The zero-order valence-electron chi connectivity index (χ0n) is 13.4. The molecule has 1 aliphatic rings. The maximum absolute atomic E-state index is 12.6. The average molecular weight is 333 g/mol. The van der Waals surface area contributed by atoms with Gasteiger partial charge in [0.1, 0.15) is 17.4 Å². The molecule has 0 unspecified atom stereocenters. The van der Waals surface area contributed by atoms with Gasteiger partial charge >= 0.3 is 0 Å². The summed E-state index contributed by atoms with van der Waals surface area (Å²) in [4.78, 5) is 13.5. The summed E-state index contributed by atoms with van der Waals surface area (Å²) < 4.78 is 5.87. The smallest absolute Gasteiger partial charge is 0.207 e. The Bertz CT molecular complexity index is 887. The lowest BCUT2D eigenvalue weighted by Crippen LogP contribution is -2.04. The molecule has 0 radical (unpaired) electrons. The molecular weight excluding hydrogens is 318 g/mol. The summed E-state index contributed by atoms with van der Waals surface area (Å²) in [5.41, 5.74) is 2.61. The number of allylic oxidation sites excluding steroid dienone is 2. The van der Waals surface area contributed by atoms with Crippen LogP contribution >= 0.6 is 11.8 Å². The number of Topliss-reactive ketones (excluding diaryl/α,β-unsaturated/α-hetero) is 1. The lowest BCUT2D eigenvalue weighted by Gasteiger charge is -2.06. The first kappa shape index (κ1) is 16.1. The topological polar surface area (TPSA) is 50.1 Å². The summed E-state index contributed by atoms with van der Waals surface area (Å²) in [5, 5.41) is 9.80. The van der Waals surface area contributed by atoms with E-state index in [4.69, 9.17) is 4.74 Å². The van der Waals surface area contributed by atoms with Gasteiger partial charge in [-0.3, -0.25) is 4.79 Å². The minimum Gasteiger partial charge on any atom is -0.447 e. The molecule has 0 bridgehead atoms. The van der Waals surface area contributed by atoms with Crippen LogP contribution in [0.25, 0.3) is 5.76 Å². The maximum Gasteiger partial charge on any atom is 0.207 e. The molecule has 0 aromatic heterocycles. The molecule has 0 spiro atoms. The summed E-state index contributed by atoms with van der Waals surface area (Å²) in [7, 11) is 0. The van der Waals surface area contributed by atoms with E-state index in [-0.39, 0.29) is 11.4 Å². The quantitative estimate of drug-likeness (QED) is 0.447. The van der Waals surface area contributed by atoms with E-state index in [2.05, 4.69) is 0 Å². The van der Waals surface area contributed by atoms with Crippen LogP contribution in [0.2, 0.25) is 0 Å². The summed E-state index contributed by atoms with van der Waals surface area (Å²) in [6.45, 7) is 3.95. The van der Waals surface area contributed by atoms with Gasteiger partial charge in [0.25, 0.3) is 0 Å². The first-order valence-corrected chi connectivity index (χ1v) is 8.29. The predicted octanol–water partition coefficient (Wildman–Crippen LogP) is 5.07. The molecule has 4 heteroatoms. The third-order valence-corrected chi connectivity index (χ3v) is 4.62. The monoisotopic (exact) mass is 333 g/mol. The molecule has 0 aliphatic carbocycles. The average Bonchev–Trinajstić information content (AvgIpc) is 2.98. The lowest BCUT2D eigenvalue weighted by molar-refractivity contribution is 0.103. The molecule has 0 saturated carbocycles. The molecule has 2 aromatic carbocycles. The summed E-state index contributed by atoms with van der Waals surface area (Å²) >= 11 is 1.32. The molecule has 0 amide bonds. The third-order valence-electron chi connectivity index (χ3n) is 3.65. The fourth-order valence-corrected chi connectivity index (χ4v) is 3.26. The minimum atomic E-state index is -0.321. The van der Waals surface area contributed by atoms with Crippen molar-refractivity contribution in [1.82, 2.24) is 0 Å². The zero-order chi connectivity index (χ0) is 17.1. The highest BCUT2D eigenvalue weighted by Crippen LogP contribution is 2.44. The SMILES string of the molecule is CC1=C(c2ccc(C)cc2)O/C(=C(\C#N)C(=O)c2ccccc2)S1. The van der Waals surface area contributed by atoms with Gasteiger partial charge in [-0.25, -0.2) is 0 Å². The maximum atomic E-state index is 12.6. The summed E-state index contributed by atoms with van der Waals surface area (Å²) in [5.74, 6) is 0.377. The fraction of sp³-hybridized carbons (Fsp3) is 0.100. The zero-order valence-corrected chi connectivity index (χ0v) is 14.2. The number of aryl methyl sites for hydroxylation is 1. The van der Waals surface area contributed by atoms with Crippen molar-refractivity contribution in [3.63, 3.8) is 0 Å². The molecule has 2 aromatic rings. The van der Waals surface area contributed by atoms with Crippen LogP contribution in [0.15, 0.2) is 70.2 Å². The van der Waals surface area contributed by atoms with E-state index in [9.17, 15) is 10.1 Å². The Labute approximate surface area is 145 Å². The van der Waals surface area contributed by atoms with Crippen molar-refractivity contribution in [3.05, 3.63) is 86.9 Å². The lowest BCUT2D eigenvalue weighted by atomic mass is 10.1. The largest absolute Gasteiger partial charge is 0.447 e. The second kappa shape index (κ2) is 6.77. The van der Waals surface area contributed by atoms with Crippen LogP contribution in [0.4, 0.5) is 0 Å². The molecule has 3 rings (SSSR count). The highest BCUT2D eigenvalue weighted by Gasteiger charge is 2.27. The molecule has 1 aliphatic heterocycles. The van der Waals surface area contributed by atoms with E-state index in [1.165, 1.54) is 11.8 Å². The van der Waals surface area contributed by atoms with Gasteiger partial charge in [0.05, 0.1) is 0 Å². The first-order valence-electron chi connectivity index (χ1n) is 7.48. The number of rotatable bonds is 3. The normalized spacial score (nSPS) is 15.7. The molecule has 24 heavy (non-hydrogen) atoms. The molecule has 0 atom stereocenters. The van der Waals surface area contributed by atoms with Crippen molar-refractivity contribution in [2.24, 2.45) is 0 Å². The van der Waals surface area contributed by atoms with Gasteiger partial charge in [-0.1, -0.05) is 71.9 Å². The minimum absolute atomic E-state index is 0.0349. The molecule has 3 nitrogen and oxygen atoms in total. The van der Waals surface area contributed by atoms with Gasteiger partial charge in [-0.15, -0.1) is 0 Å². The van der Waals surface area contributed by atoms with E-state index in [1.54, 1.807) is 24.3 Å². The van der Waals surface area contributed by atoms with Crippen LogP contribution in [0.5, 0.6) is 0 Å². The van der Waals surface area contributed by atoms with Gasteiger partial charge in [-0.2, -0.15) is 5.26 Å². The second-order valence-corrected chi connectivity index (χ2v) is 6.61. The van der Waals surface area contributed by atoms with Crippen molar-refractivity contribution in [3.8, 4) is 6.07 Å². The van der Waals surface area contributed by atoms with E-state index in [1.807, 2.05) is 50.2 Å². The Morgan fingerprint density at radius 2 is 1.71 bits per heavy atom. The number of hydrogen-bond donors (Lipinski definition) is 0. The number of nitriles is 1. The van der Waals surface area contributed by atoms with Crippen LogP contribution in [0, 0.1) is 18.3 Å². The van der Waals surface area contributed by atoms with Crippen molar-refractivity contribution >= 4 is 23.3 Å². The van der Waals surface area contributed by atoms with E-state index in [0.29, 0.717) is 16.4 Å². The molecule has 0 saturated heterocycles. The number of hydrogen-bond acceptors (Lipinski definition) is 4. The molecule has 0 fully saturated rings. The van der Waals surface area contributed by atoms with Gasteiger partial charge in [0.2, 0.25) is 5.78 Å². The third kappa shape index (κ3) is 3.12. The van der Waals surface area contributed by atoms with Crippen LogP contribution < -0.4 is 0 Å². The number of carbonyl (C=O) groups excluding carboxylic acids is 1. The van der Waals surface area contributed by atoms with Crippen molar-refractivity contribution in [2.45, 2.75) is 13.8 Å². The van der Waals surface area contributed by atoms with E-state index >= 15 is 0 Å². The van der Waals surface area contributed by atoms with Crippen LogP contribution in [0.1, 0.15) is 28.4 Å². The highest BCUT2D eigenvalue weighted by atomic mass is 32.2. The Morgan fingerprint density at radius 1 is 1.04 bits per heavy atom. The molecular formula is C20H15NO2S. The Kier molecular flexibility index (Phi) is 4.54. The first-order chi connectivity index (χ1) is 11.6. The van der Waals surface area contributed by atoms with E-state index in [0.717, 1.165) is 16.0 Å². The molecule has 0 N–H and O–H groups in total. The number of benzene rings is 2. The Hall–Kier alpha value is -2.77. The number of ether oxygens (including phenoxy) is 1. The Morgan fingerprint density at radius 3 is 2.33 bits per heavy atom. The number of ketones is 1. The van der Waals surface area contributed by atoms with Gasteiger partial charge in [0.15, 0.2) is 5.09 Å². The van der Waals surface area contributed by atoms with Gasteiger partial charge < -0.3 is 4.74 Å². The highest BCUT2D eigenvalue weighted by molar-refractivity contribution is 8.07. The van der Waals surface area contributed by atoms with Crippen LogP contribution in [-0.4, -0.2) is 5.78 Å². The fourth-order valence-electron chi connectivity index (χ4n) is 2.36. The second-order valence-electron chi connectivity index (χ2n) is 5.42. The molecule has 118 valence electrons. The van der Waals surface area contributed by atoms with Crippen molar-refractivity contribution < 1.29 is 9.53 Å². The standard InChI is InChI=1S/C20H15NO2S/c1-13-8-10-16(11-9-13)19-14(2)24-20(23-19)17(12-21)18(22)15-6-4-3-5-7-15/h3-11H,1-2H3/b20-17-. The predicted molar refractivity (Wildman–Crippen MR) is 95.9 cm³/mol. The van der Waals surface area contributed by atoms with Crippen LogP contribution in [-0.2, 0) is 4.74 Å². The van der Waals surface area contributed by atoms with Crippen LogP contribution in [0.3, 0.4) is 0 Å². The number of carbonyl (C=O) groups is 1. The molecule has 1 heterocycles. The number of nitrogens with zero attached hydrogens (tertiary/aromatic N) is 1. The van der Waals surface area contributed by atoms with Gasteiger partial charge in [0, 0.05) is 16.0 Å². The Balaban J connectivity index is 1.93. The number of thioether (sulfide) groups is 1. The van der Waals surface area contributed by atoms with Gasteiger partial charge in [-0.05, 0) is 13.8 Å². The summed E-state index contributed by atoms with van der Waals surface area (Å²) in [6, 6.07) is 18.7.